The lowest BCUT2D eigenvalue weighted by Gasteiger charge is -2.23. The molecule has 0 aromatic heterocycles. The van der Waals surface area contributed by atoms with Gasteiger partial charge in [0.05, 0.1) is 7.11 Å². The number of hydrogen-bond donors (Lipinski definition) is 0. The molecule has 2 rings (SSSR count). The van der Waals surface area contributed by atoms with E-state index in [1.807, 2.05) is 0 Å². The monoisotopic (exact) mass is 326 g/mol. The largest absolute Gasteiger partial charge is 0.468 e. The highest BCUT2D eigenvalue weighted by atomic mass is 19.1. The van der Waals surface area contributed by atoms with Crippen LogP contribution in [-0.2, 0) is 25.5 Å². The third-order valence-electron chi connectivity index (χ3n) is 3.10. The first-order valence-corrected chi connectivity index (χ1v) is 7.10. The molecule has 0 spiro atoms. The predicted molar refractivity (Wildman–Crippen MR) is 77.6 cm³/mol. The summed E-state index contributed by atoms with van der Waals surface area (Å²) in [7, 11) is 1.18. The van der Waals surface area contributed by atoms with Crippen molar-refractivity contribution in [1.29, 1.82) is 0 Å². The van der Waals surface area contributed by atoms with Crippen molar-refractivity contribution in [2.75, 3.05) is 13.9 Å². The zero-order chi connectivity index (χ0) is 17.2. The normalized spacial score (nSPS) is 14.3. The fourth-order valence-corrected chi connectivity index (χ4v) is 2.15. The molecule has 1 atom stereocenters. The number of benzene rings is 1. The van der Waals surface area contributed by atoms with E-state index >= 15 is 0 Å². The van der Waals surface area contributed by atoms with Gasteiger partial charge >= 0.3 is 11.9 Å². The smallest absolute Gasteiger partial charge is 0.321 e. The molecule has 0 amide bonds. The summed E-state index contributed by atoms with van der Waals surface area (Å²) in [6.07, 6.45) is -0.0604. The van der Waals surface area contributed by atoms with Crippen molar-refractivity contribution in [1.82, 2.24) is 0 Å². The fraction of sp³-hybridized carbons (Fsp3) is 0.500. The first-order chi connectivity index (χ1) is 10.7. The highest BCUT2D eigenvalue weighted by molar-refractivity contribution is 5.95. The Balaban J connectivity index is 2.23. The molecule has 6 nitrogen and oxygen atoms in total. The highest BCUT2D eigenvalue weighted by Crippen LogP contribution is 2.36. The van der Waals surface area contributed by atoms with Crippen molar-refractivity contribution in [3.8, 4) is 11.5 Å². The van der Waals surface area contributed by atoms with Crippen molar-refractivity contribution in [2.45, 2.75) is 32.8 Å². The van der Waals surface area contributed by atoms with Gasteiger partial charge in [0.1, 0.15) is 5.60 Å². The van der Waals surface area contributed by atoms with Crippen LogP contribution < -0.4 is 9.47 Å². The average molecular weight is 326 g/mol. The summed E-state index contributed by atoms with van der Waals surface area (Å²) < 4.78 is 33.9. The maximum Gasteiger partial charge on any atom is 0.321 e. The van der Waals surface area contributed by atoms with E-state index in [1.54, 1.807) is 20.8 Å². The molecule has 0 radical (unpaired) electrons. The number of hydrogen-bond acceptors (Lipinski definition) is 6. The van der Waals surface area contributed by atoms with Gasteiger partial charge in [0.2, 0.25) is 12.5 Å². The molecule has 23 heavy (non-hydrogen) atoms. The summed E-state index contributed by atoms with van der Waals surface area (Å²) in [6.45, 7) is 5.01. The Morgan fingerprint density at radius 2 is 1.96 bits per heavy atom. The second-order valence-electron chi connectivity index (χ2n) is 6.12. The Morgan fingerprint density at radius 1 is 1.26 bits per heavy atom. The molecule has 1 aliphatic heterocycles. The highest BCUT2D eigenvalue weighted by Gasteiger charge is 2.33. The van der Waals surface area contributed by atoms with Crippen LogP contribution in [-0.4, -0.2) is 31.4 Å². The standard InChI is InChI=1S/C16H19FO6/c1-16(2,3)23-15(19)10(14(18)20-4)5-9-6-11(17)13-12(7-9)21-8-22-13/h6-7,10H,5,8H2,1-4H3. The number of fused-ring (bicyclic) bond motifs is 1. The maximum absolute atomic E-state index is 13.9. The van der Waals surface area contributed by atoms with Gasteiger partial charge in [0.25, 0.3) is 0 Å². The van der Waals surface area contributed by atoms with Gasteiger partial charge < -0.3 is 18.9 Å². The van der Waals surface area contributed by atoms with Gasteiger partial charge in [0.15, 0.2) is 17.5 Å². The van der Waals surface area contributed by atoms with Crippen LogP contribution in [0.25, 0.3) is 0 Å². The molecule has 1 unspecified atom stereocenters. The molecule has 0 fully saturated rings. The van der Waals surface area contributed by atoms with Crippen LogP contribution in [0.4, 0.5) is 4.39 Å². The van der Waals surface area contributed by atoms with Crippen LogP contribution in [0.3, 0.4) is 0 Å². The second-order valence-corrected chi connectivity index (χ2v) is 6.12. The molecule has 0 saturated heterocycles. The summed E-state index contributed by atoms with van der Waals surface area (Å²) >= 11 is 0. The summed E-state index contributed by atoms with van der Waals surface area (Å²) in [5.41, 5.74) is -0.336. The van der Waals surface area contributed by atoms with E-state index in [2.05, 4.69) is 4.74 Å². The lowest BCUT2D eigenvalue weighted by atomic mass is 9.98. The van der Waals surface area contributed by atoms with Gasteiger partial charge in [-0.1, -0.05) is 0 Å². The maximum atomic E-state index is 13.9. The number of esters is 2. The zero-order valence-corrected chi connectivity index (χ0v) is 13.5. The third-order valence-corrected chi connectivity index (χ3v) is 3.10. The fourth-order valence-electron chi connectivity index (χ4n) is 2.15. The van der Waals surface area contributed by atoms with Crippen LogP contribution in [0.1, 0.15) is 26.3 Å². The van der Waals surface area contributed by atoms with E-state index in [0.717, 1.165) is 0 Å². The van der Waals surface area contributed by atoms with Gasteiger partial charge in [-0.15, -0.1) is 0 Å². The minimum Gasteiger partial charge on any atom is -0.468 e. The van der Waals surface area contributed by atoms with Crippen LogP contribution in [0, 0.1) is 11.7 Å². The van der Waals surface area contributed by atoms with E-state index in [-0.39, 0.29) is 24.7 Å². The van der Waals surface area contributed by atoms with E-state index < -0.39 is 29.3 Å². The van der Waals surface area contributed by atoms with Crippen LogP contribution in [0.2, 0.25) is 0 Å². The minimum atomic E-state index is -1.18. The molecule has 1 heterocycles. The number of ether oxygens (including phenoxy) is 4. The first kappa shape index (κ1) is 17.1. The Morgan fingerprint density at radius 3 is 2.57 bits per heavy atom. The van der Waals surface area contributed by atoms with Crippen molar-refractivity contribution in [3.05, 3.63) is 23.5 Å². The predicted octanol–water partition coefficient (Wildman–Crippen LogP) is 2.23. The topological polar surface area (TPSA) is 71.1 Å². The number of carbonyl (C=O) groups is 2. The number of rotatable bonds is 4. The summed E-state index contributed by atoms with van der Waals surface area (Å²) in [5, 5.41) is 0. The van der Waals surface area contributed by atoms with Gasteiger partial charge in [-0.25, -0.2) is 4.39 Å². The Bertz CT molecular complexity index is 620. The van der Waals surface area contributed by atoms with Gasteiger partial charge in [-0.3, -0.25) is 9.59 Å². The summed E-state index contributed by atoms with van der Waals surface area (Å²) in [4.78, 5) is 24.1. The zero-order valence-electron chi connectivity index (χ0n) is 13.5. The minimum absolute atomic E-state index is 0.0284. The molecule has 0 saturated carbocycles. The molecule has 0 aliphatic carbocycles. The van der Waals surface area contributed by atoms with Crippen molar-refractivity contribution >= 4 is 11.9 Å². The SMILES string of the molecule is COC(=O)C(Cc1cc(F)c2c(c1)OCO2)C(=O)OC(C)(C)C. The number of methoxy groups -OCH3 is 1. The van der Waals surface area contributed by atoms with Gasteiger partial charge in [-0.05, 0) is 44.9 Å². The quantitative estimate of drug-likeness (QED) is 0.624. The molecule has 1 aliphatic rings. The van der Waals surface area contributed by atoms with Crippen LogP contribution >= 0.6 is 0 Å². The van der Waals surface area contributed by atoms with Gasteiger partial charge in [0, 0.05) is 0 Å². The van der Waals surface area contributed by atoms with Gasteiger partial charge in [-0.2, -0.15) is 0 Å². The molecular formula is C16H19FO6. The molecule has 0 N–H and O–H groups in total. The van der Waals surface area contributed by atoms with E-state index in [4.69, 9.17) is 14.2 Å². The van der Waals surface area contributed by atoms with Crippen LogP contribution in [0.5, 0.6) is 11.5 Å². The lowest BCUT2D eigenvalue weighted by Crippen LogP contribution is -2.34. The number of carbonyl (C=O) groups excluding carboxylic acids is 2. The molecule has 126 valence electrons. The van der Waals surface area contributed by atoms with E-state index in [9.17, 15) is 14.0 Å². The molecule has 1 aromatic rings. The van der Waals surface area contributed by atoms with Crippen molar-refractivity contribution < 1.29 is 32.9 Å². The average Bonchev–Trinajstić information content (AvgIpc) is 2.91. The summed E-state index contributed by atoms with van der Waals surface area (Å²) in [5.74, 6) is -2.98. The molecule has 7 heteroatoms. The molecule has 0 bridgehead atoms. The molecule has 1 aromatic carbocycles. The van der Waals surface area contributed by atoms with E-state index in [0.29, 0.717) is 5.56 Å². The Labute approximate surface area is 133 Å². The van der Waals surface area contributed by atoms with Crippen LogP contribution in [0.15, 0.2) is 12.1 Å². The van der Waals surface area contributed by atoms with E-state index in [1.165, 1.54) is 19.2 Å². The Hall–Kier alpha value is -2.31. The lowest BCUT2D eigenvalue weighted by molar-refractivity contribution is -0.168. The second kappa shape index (κ2) is 6.44. The Kier molecular flexibility index (Phi) is 4.77. The molecular weight excluding hydrogens is 307 g/mol. The third kappa shape index (κ3) is 4.12. The summed E-state index contributed by atoms with van der Waals surface area (Å²) in [6, 6.07) is 2.74. The number of halogens is 1. The van der Waals surface area contributed by atoms with Crippen molar-refractivity contribution in [2.24, 2.45) is 5.92 Å². The first-order valence-electron chi connectivity index (χ1n) is 7.10. The van der Waals surface area contributed by atoms with Crippen molar-refractivity contribution in [3.63, 3.8) is 0 Å².